The van der Waals surface area contributed by atoms with Crippen LogP contribution in [-0.2, 0) is 0 Å². The highest BCUT2D eigenvalue weighted by Gasteiger charge is 2.25. The van der Waals surface area contributed by atoms with E-state index in [4.69, 9.17) is 0 Å². The molecule has 0 amide bonds. The van der Waals surface area contributed by atoms with Gasteiger partial charge in [0.05, 0.1) is 77.6 Å². The van der Waals surface area contributed by atoms with Crippen LogP contribution in [0.15, 0.2) is 528 Å². The van der Waals surface area contributed by atoms with Gasteiger partial charge >= 0.3 is 0 Å². The monoisotopic (exact) mass is 1830 g/mol. The molecule has 0 saturated carbocycles. The normalized spacial score (nSPS) is 11.8. The molecular weight excluding hydrogens is 1740 g/mol. The minimum absolute atomic E-state index is 1.13. The number of hydrogen-bond donors (Lipinski definition) is 0. The highest BCUT2D eigenvalue weighted by Crippen LogP contribution is 2.47. The molecule has 8 heterocycles. The van der Waals surface area contributed by atoms with Crippen LogP contribution < -0.4 is 0 Å². The van der Waals surface area contributed by atoms with E-state index in [0.717, 1.165) is 51.1 Å². The molecule has 0 radical (unpaired) electrons. The molecule has 0 aliphatic carbocycles. The molecule has 29 rings (SSSR count). The van der Waals surface area contributed by atoms with Crippen LogP contribution in [-0.4, -0.2) is 32.0 Å². The molecule has 21 aromatic carbocycles. The quantitative estimate of drug-likeness (QED) is 0.0981. The number of hydrogen-bond acceptors (Lipinski definition) is 1. The Balaban J connectivity index is 0.000000139. The second-order valence-corrected chi connectivity index (χ2v) is 38.1. The van der Waals surface area contributed by atoms with Gasteiger partial charge in [-0.25, -0.2) is 0 Å². The summed E-state index contributed by atoms with van der Waals surface area (Å²) in [5.41, 5.74) is 39.1. The van der Waals surface area contributed by atoms with Gasteiger partial charge in [-0.2, -0.15) is 0 Å². The van der Waals surface area contributed by atoms with Gasteiger partial charge in [0.1, 0.15) is 0 Å². The Kier molecular flexibility index (Phi) is 19.4. The molecule has 0 N–H and O–H groups in total. The van der Waals surface area contributed by atoms with Gasteiger partial charge in [0.25, 0.3) is 0 Å². The fraction of sp³-hybridized carbons (Fsp3) is 0. The third-order valence-corrected chi connectivity index (χ3v) is 30.3. The third kappa shape index (κ3) is 13.6. The van der Waals surface area contributed by atoms with E-state index in [9.17, 15) is 0 Å². The maximum Gasteiger partial charge on any atom is 0.0541 e. The number of thiophene rings is 1. The first kappa shape index (κ1) is 81.7. The Hall–Kier alpha value is -18.6. The molecule has 8 heteroatoms. The minimum atomic E-state index is 1.13. The first-order chi connectivity index (χ1) is 70.4. The predicted molar refractivity (Wildman–Crippen MR) is 600 cm³/mol. The van der Waals surface area contributed by atoms with Crippen LogP contribution in [0.3, 0.4) is 0 Å². The number of benzene rings is 21. The SMILES string of the molecule is c1ccc(-c2ccc(-c3ccc(-n4c5ccccc5c5cc(-c6ccc7c(c6)c6cc(-c8ccc9c(c8)c8ccccc8n9-c8ccccc8)ccc6n7-c6ccccc6)ccc54)cc3)n2-c2ccccc2)cc1.c1ccc(-c2ccc(-c3ccc(-n4c5ccccc5c5cc(-c6ccc7c(c6)c6cc(-c8ccc9c(c8)c8ccccc8n9-c8ccccc8)ccc6n7-c6ccccc6)ccc54)cc3)s2)cc1. The lowest BCUT2D eigenvalue weighted by Gasteiger charge is -2.15. The predicted octanol–water partition coefficient (Wildman–Crippen LogP) is 36.1. The molecule has 8 aromatic heterocycles. The zero-order valence-corrected chi connectivity index (χ0v) is 78.1. The van der Waals surface area contributed by atoms with Crippen molar-refractivity contribution in [3.63, 3.8) is 0 Å². The van der Waals surface area contributed by atoms with Gasteiger partial charge in [-0.3, -0.25) is 0 Å². The van der Waals surface area contributed by atoms with Gasteiger partial charge in [-0.05, 0) is 297 Å². The Morgan fingerprint density at radius 2 is 0.275 bits per heavy atom. The van der Waals surface area contributed by atoms with E-state index in [-0.39, 0.29) is 0 Å². The molecule has 0 spiro atoms. The van der Waals surface area contributed by atoms with Crippen molar-refractivity contribution < 1.29 is 0 Å². The van der Waals surface area contributed by atoms with E-state index in [1.807, 2.05) is 11.3 Å². The molecule has 142 heavy (non-hydrogen) atoms. The van der Waals surface area contributed by atoms with Crippen molar-refractivity contribution in [3.05, 3.63) is 528 Å². The molecule has 0 saturated heterocycles. The van der Waals surface area contributed by atoms with Gasteiger partial charge in [-0.15, -0.1) is 11.3 Å². The Labute approximate surface area is 823 Å². The summed E-state index contributed by atoms with van der Waals surface area (Å²) in [5.74, 6) is 0. The van der Waals surface area contributed by atoms with Crippen LogP contribution in [0.25, 0.3) is 259 Å². The zero-order valence-electron chi connectivity index (χ0n) is 77.3. The summed E-state index contributed by atoms with van der Waals surface area (Å²) in [7, 11) is 0. The van der Waals surface area contributed by atoms with Crippen LogP contribution >= 0.6 is 11.3 Å². The largest absolute Gasteiger partial charge is 0.309 e. The second-order valence-electron chi connectivity index (χ2n) is 37.0. The van der Waals surface area contributed by atoms with Gasteiger partial charge in [0.15, 0.2) is 0 Å². The van der Waals surface area contributed by atoms with Crippen molar-refractivity contribution in [3.8, 4) is 128 Å². The molecule has 29 aromatic rings. The van der Waals surface area contributed by atoms with Crippen LogP contribution in [0.1, 0.15) is 0 Å². The number of fused-ring (bicyclic) bond motifs is 18. The summed E-state index contributed by atoms with van der Waals surface area (Å²) < 4.78 is 16.8. The molecule has 0 atom stereocenters. The summed E-state index contributed by atoms with van der Waals surface area (Å²) >= 11 is 1.84. The molecular formula is C134H87N7S. The first-order valence-electron chi connectivity index (χ1n) is 48.7. The lowest BCUT2D eigenvalue weighted by molar-refractivity contribution is 1.09. The third-order valence-electron chi connectivity index (χ3n) is 29.1. The van der Waals surface area contributed by atoms with Crippen molar-refractivity contribution in [2.24, 2.45) is 0 Å². The fourth-order valence-corrected chi connectivity index (χ4v) is 23.5. The van der Waals surface area contributed by atoms with Crippen LogP contribution in [0.4, 0.5) is 0 Å². The Morgan fingerprint density at radius 1 is 0.106 bits per heavy atom. The highest BCUT2D eigenvalue weighted by atomic mass is 32.1. The fourth-order valence-electron chi connectivity index (χ4n) is 22.5. The smallest absolute Gasteiger partial charge is 0.0541 e. The zero-order chi connectivity index (χ0) is 93.4. The van der Waals surface area contributed by atoms with Gasteiger partial charge in [-0.1, -0.05) is 297 Å². The first-order valence-corrected chi connectivity index (χ1v) is 49.5. The van der Waals surface area contributed by atoms with Crippen molar-refractivity contribution in [2.75, 3.05) is 0 Å². The molecule has 0 aliphatic heterocycles. The summed E-state index contributed by atoms with van der Waals surface area (Å²) in [4.78, 5) is 2.55. The van der Waals surface area contributed by atoms with Crippen LogP contribution in [0.2, 0.25) is 0 Å². The summed E-state index contributed by atoms with van der Waals surface area (Å²) in [6, 6.07) is 193. The molecule has 0 aliphatic rings. The average molecular weight is 1830 g/mol. The molecule has 7 nitrogen and oxygen atoms in total. The Morgan fingerprint density at radius 3 is 0.528 bits per heavy atom. The average Bonchev–Trinajstić information content (AvgIpc) is 1.59. The van der Waals surface area contributed by atoms with Gasteiger partial charge < -0.3 is 32.0 Å². The van der Waals surface area contributed by atoms with E-state index < -0.39 is 0 Å². The molecule has 664 valence electrons. The lowest BCUT2D eigenvalue weighted by atomic mass is 9.98. The second kappa shape index (κ2) is 33.7. The van der Waals surface area contributed by atoms with Crippen molar-refractivity contribution >= 4 is 142 Å². The van der Waals surface area contributed by atoms with Crippen LogP contribution in [0, 0.1) is 0 Å². The number of para-hydroxylation sites is 9. The van der Waals surface area contributed by atoms with Gasteiger partial charge in [0, 0.05) is 114 Å². The number of aromatic nitrogens is 7. The summed E-state index contributed by atoms with van der Waals surface area (Å²) in [6.07, 6.45) is 0. The van der Waals surface area contributed by atoms with E-state index >= 15 is 0 Å². The minimum Gasteiger partial charge on any atom is -0.309 e. The van der Waals surface area contributed by atoms with E-state index in [1.165, 1.54) is 207 Å². The van der Waals surface area contributed by atoms with E-state index in [0.29, 0.717) is 0 Å². The highest BCUT2D eigenvalue weighted by molar-refractivity contribution is 7.18. The Bertz CT molecular complexity index is 9990. The van der Waals surface area contributed by atoms with E-state index in [1.54, 1.807) is 0 Å². The maximum absolute atomic E-state index is 2.42. The number of nitrogens with zero attached hydrogens (tertiary/aromatic N) is 7. The molecule has 0 bridgehead atoms. The molecule has 0 fully saturated rings. The van der Waals surface area contributed by atoms with Gasteiger partial charge in [0.2, 0.25) is 0 Å². The maximum atomic E-state index is 2.42. The van der Waals surface area contributed by atoms with Crippen molar-refractivity contribution in [1.82, 2.24) is 32.0 Å². The van der Waals surface area contributed by atoms with Crippen molar-refractivity contribution in [2.45, 2.75) is 0 Å². The topological polar surface area (TPSA) is 34.5 Å². The number of rotatable bonds is 15. The standard InChI is InChI=1S/C70H46N4.C64H41N3S/c1-5-17-47(18-6-1)63-41-42-64(71(63)53-19-7-2-8-20-53)48-29-35-56(36-30-48)74-66-28-16-14-26-58(66)60-44-50(32-38-68(60)74)52-34-40-70-62(46-52)61-45-51(33-39-69(61)73(70)55-23-11-4-12-24-55)49-31-37-67-59(43-49)57-25-13-15-27-65(57)72(67)54-21-9-3-10-22-54;1-4-14-42(15-5-1)63-36-37-64(68-63)43-24-30-50(31-25-43)67-58-23-13-11-21-52(58)54-39-45(27-33-60(54)67)47-29-35-62-56(41-47)55-40-46(28-34-61(55)66(62)49-18-8-3-9-19-49)44-26-32-59-53(38-44)51-20-10-12-22-57(51)65(59)48-16-6-2-7-17-48/h1-46H;1-41H. The summed E-state index contributed by atoms with van der Waals surface area (Å²) in [5, 5.41) is 14.9. The molecule has 0 unspecified atom stereocenters. The van der Waals surface area contributed by atoms with Crippen molar-refractivity contribution in [1.29, 1.82) is 0 Å². The van der Waals surface area contributed by atoms with E-state index in [2.05, 4.69) is 560 Å². The lowest BCUT2D eigenvalue weighted by Crippen LogP contribution is -1.99. The summed E-state index contributed by atoms with van der Waals surface area (Å²) in [6.45, 7) is 0. The van der Waals surface area contributed by atoms with Crippen LogP contribution in [0.5, 0.6) is 0 Å².